The monoisotopic (exact) mass is 428 g/mol. The van der Waals surface area contributed by atoms with Gasteiger partial charge >= 0.3 is 0 Å². The Bertz CT molecular complexity index is 1350. The summed E-state index contributed by atoms with van der Waals surface area (Å²) < 4.78 is 1.79. The Morgan fingerprint density at radius 3 is 2.72 bits per heavy atom. The Hall–Kier alpha value is -3.45. The zero-order valence-electron chi connectivity index (χ0n) is 18.6. The van der Waals surface area contributed by atoms with Crippen molar-refractivity contribution < 1.29 is 4.79 Å². The Kier molecular flexibility index (Phi) is 4.49. The molecule has 5 rings (SSSR count). The standard InChI is InChI=1S/C25H28N6O/c1-24(2)21(8-9-25(24,3)27)30-22-18(23(26)32)13-29-31-14-17(12-20(22)31)15-6-7-19-16(11-15)5-4-10-28-19/h4-7,10-14,21,30H,8-9,27H2,1-3H3,(H2,26,32)/t21-,25+/m0/s1. The molecule has 2 atom stereocenters. The first-order chi connectivity index (χ1) is 15.2. The minimum Gasteiger partial charge on any atom is -0.379 e. The summed E-state index contributed by atoms with van der Waals surface area (Å²) in [6.45, 7) is 6.44. The summed E-state index contributed by atoms with van der Waals surface area (Å²) >= 11 is 0. The first kappa shape index (κ1) is 20.5. The molecule has 0 radical (unpaired) electrons. The number of anilines is 1. The lowest BCUT2D eigenvalue weighted by atomic mass is 9.75. The number of nitrogens with two attached hydrogens (primary N) is 2. The summed E-state index contributed by atoms with van der Waals surface area (Å²) in [6.07, 6.45) is 7.12. The van der Waals surface area contributed by atoms with Gasteiger partial charge in [0.25, 0.3) is 5.91 Å². The number of fused-ring (bicyclic) bond motifs is 2. The van der Waals surface area contributed by atoms with E-state index in [1.807, 2.05) is 36.5 Å². The molecule has 1 aromatic carbocycles. The molecule has 1 amide bonds. The number of benzene rings is 1. The van der Waals surface area contributed by atoms with Gasteiger partial charge in [0, 0.05) is 40.3 Å². The van der Waals surface area contributed by atoms with Gasteiger partial charge in [-0.15, -0.1) is 0 Å². The summed E-state index contributed by atoms with van der Waals surface area (Å²) in [4.78, 5) is 16.6. The second-order valence-electron chi connectivity index (χ2n) is 9.64. The third-order valence-electron chi connectivity index (χ3n) is 7.45. The van der Waals surface area contributed by atoms with Gasteiger partial charge in [0.1, 0.15) is 0 Å². The average molecular weight is 429 g/mol. The lowest BCUT2D eigenvalue weighted by Crippen LogP contribution is -2.51. The van der Waals surface area contributed by atoms with Gasteiger partial charge in [-0.3, -0.25) is 9.78 Å². The minimum absolute atomic E-state index is 0.104. The number of nitrogens with zero attached hydrogens (tertiary/aromatic N) is 3. The smallest absolute Gasteiger partial charge is 0.252 e. The molecular formula is C25H28N6O. The zero-order valence-corrected chi connectivity index (χ0v) is 18.6. The molecule has 0 spiro atoms. The molecule has 1 aliphatic carbocycles. The van der Waals surface area contributed by atoms with Crippen molar-refractivity contribution in [2.75, 3.05) is 5.32 Å². The van der Waals surface area contributed by atoms with Crippen LogP contribution in [0.4, 0.5) is 5.69 Å². The summed E-state index contributed by atoms with van der Waals surface area (Å²) in [7, 11) is 0. The number of carbonyl (C=O) groups is 1. The van der Waals surface area contributed by atoms with Crippen LogP contribution in [0, 0.1) is 5.41 Å². The number of aromatic nitrogens is 3. The van der Waals surface area contributed by atoms with E-state index in [0.717, 1.165) is 40.4 Å². The molecule has 3 aromatic heterocycles. The van der Waals surface area contributed by atoms with E-state index in [9.17, 15) is 4.79 Å². The van der Waals surface area contributed by atoms with Crippen molar-refractivity contribution in [1.82, 2.24) is 14.6 Å². The van der Waals surface area contributed by atoms with Crippen molar-refractivity contribution in [2.45, 2.75) is 45.2 Å². The molecule has 5 N–H and O–H groups in total. The van der Waals surface area contributed by atoms with E-state index in [4.69, 9.17) is 11.5 Å². The maximum atomic E-state index is 12.3. The van der Waals surface area contributed by atoms with E-state index < -0.39 is 5.91 Å². The SMILES string of the molecule is CC1(C)[C@@H](Nc2c(C(N)=O)cnn3cc(-c4ccc5ncccc5c4)cc23)CC[C@@]1(C)N. The van der Waals surface area contributed by atoms with Crippen LogP contribution < -0.4 is 16.8 Å². The van der Waals surface area contributed by atoms with Crippen molar-refractivity contribution in [2.24, 2.45) is 16.9 Å². The van der Waals surface area contributed by atoms with E-state index in [2.05, 4.69) is 42.2 Å². The second-order valence-corrected chi connectivity index (χ2v) is 9.64. The van der Waals surface area contributed by atoms with Gasteiger partial charge < -0.3 is 16.8 Å². The number of amides is 1. The highest BCUT2D eigenvalue weighted by molar-refractivity contribution is 6.02. The van der Waals surface area contributed by atoms with Gasteiger partial charge in [-0.1, -0.05) is 26.0 Å². The quantitative estimate of drug-likeness (QED) is 0.455. The van der Waals surface area contributed by atoms with Crippen LogP contribution in [0.3, 0.4) is 0 Å². The van der Waals surface area contributed by atoms with Gasteiger partial charge in [-0.05, 0) is 49.6 Å². The van der Waals surface area contributed by atoms with Gasteiger partial charge in [0.15, 0.2) is 0 Å². The van der Waals surface area contributed by atoms with Crippen molar-refractivity contribution in [3.05, 3.63) is 60.6 Å². The third kappa shape index (κ3) is 3.12. The van der Waals surface area contributed by atoms with E-state index >= 15 is 0 Å². The maximum absolute atomic E-state index is 12.3. The molecule has 4 aromatic rings. The zero-order chi connectivity index (χ0) is 22.7. The van der Waals surface area contributed by atoms with Crippen LogP contribution >= 0.6 is 0 Å². The predicted molar refractivity (Wildman–Crippen MR) is 127 cm³/mol. The van der Waals surface area contributed by atoms with Crippen LogP contribution in [0.15, 0.2) is 55.0 Å². The number of hydrogen-bond acceptors (Lipinski definition) is 5. The molecule has 1 aliphatic rings. The summed E-state index contributed by atoms with van der Waals surface area (Å²) in [6, 6.07) is 12.3. The first-order valence-electron chi connectivity index (χ1n) is 10.9. The molecule has 32 heavy (non-hydrogen) atoms. The highest BCUT2D eigenvalue weighted by Gasteiger charge is 2.49. The van der Waals surface area contributed by atoms with Crippen LogP contribution in [0.2, 0.25) is 0 Å². The fourth-order valence-electron chi connectivity index (χ4n) is 4.76. The van der Waals surface area contributed by atoms with Crippen molar-refractivity contribution in [3.63, 3.8) is 0 Å². The van der Waals surface area contributed by atoms with Crippen LogP contribution in [-0.2, 0) is 0 Å². The Labute approximate surface area is 186 Å². The van der Waals surface area contributed by atoms with Crippen molar-refractivity contribution in [1.29, 1.82) is 0 Å². The average Bonchev–Trinajstić information content (AvgIpc) is 3.28. The van der Waals surface area contributed by atoms with E-state index in [0.29, 0.717) is 11.3 Å². The van der Waals surface area contributed by atoms with Crippen LogP contribution in [0.25, 0.3) is 27.5 Å². The molecule has 0 bridgehead atoms. The van der Waals surface area contributed by atoms with Gasteiger partial charge in [-0.2, -0.15) is 5.10 Å². The second kappa shape index (κ2) is 7.03. The van der Waals surface area contributed by atoms with E-state index in [1.54, 1.807) is 10.7 Å². The van der Waals surface area contributed by atoms with E-state index in [-0.39, 0.29) is 17.0 Å². The fraction of sp³-hybridized carbons (Fsp3) is 0.320. The Balaban J connectivity index is 1.62. The lowest BCUT2D eigenvalue weighted by molar-refractivity contribution is 0.100. The molecule has 0 aliphatic heterocycles. The minimum atomic E-state index is -0.506. The number of pyridine rings is 1. The van der Waals surface area contributed by atoms with Gasteiger partial charge in [0.2, 0.25) is 0 Å². The summed E-state index contributed by atoms with van der Waals surface area (Å²) in [5.74, 6) is -0.506. The van der Waals surface area contributed by atoms with Crippen LogP contribution in [-0.4, -0.2) is 32.1 Å². The van der Waals surface area contributed by atoms with Crippen molar-refractivity contribution in [3.8, 4) is 11.1 Å². The van der Waals surface area contributed by atoms with Crippen molar-refractivity contribution >= 4 is 28.0 Å². The van der Waals surface area contributed by atoms with Crippen LogP contribution in [0.1, 0.15) is 44.0 Å². The lowest BCUT2D eigenvalue weighted by Gasteiger charge is -2.39. The molecule has 1 fully saturated rings. The number of primary amides is 1. The third-order valence-corrected chi connectivity index (χ3v) is 7.45. The highest BCUT2D eigenvalue weighted by Crippen LogP contribution is 2.46. The number of nitrogens with one attached hydrogen (secondary N) is 1. The fourth-order valence-corrected chi connectivity index (χ4v) is 4.76. The normalized spacial score (nSPS) is 22.4. The molecule has 7 heteroatoms. The topological polar surface area (TPSA) is 111 Å². The van der Waals surface area contributed by atoms with E-state index in [1.165, 1.54) is 6.20 Å². The summed E-state index contributed by atoms with van der Waals surface area (Å²) in [5.41, 5.74) is 16.7. The number of hydrogen-bond donors (Lipinski definition) is 3. The molecule has 7 nitrogen and oxygen atoms in total. The summed E-state index contributed by atoms with van der Waals surface area (Å²) in [5, 5.41) is 9.14. The Morgan fingerprint density at radius 1 is 1.19 bits per heavy atom. The molecule has 0 saturated heterocycles. The maximum Gasteiger partial charge on any atom is 0.252 e. The number of rotatable bonds is 4. The molecule has 3 heterocycles. The van der Waals surface area contributed by atoms with Gasteiger partial charge in [0.05, 0.1) is 28.5 Å². The highest BCUT2D eigenvalue weighted by atomic mass is 16.1. The largest absolute Gasteiger partial charge is 0.379 e. The number of carbonyl (C=O) groups excluding carboxylic acids is 1. The van der Waals surface area contributed by atoms with Gasteiger partial charge in [-0.25, -0.2) is 4.52 Å². The Morgan fingerprint density at radius 2 is 2.00 bits per heavy atom. The molecular weight excluding hydrogens is 400 g/mol. The molecule has 1 saturated carbocycles. The first-order valence-corrected chi connectivity index (χ1v) is 10.9. The predicted octanol–water partition coefficient (Wildman–Crippen LogP) is 3.97. The van der Waals surface area contributed by atoms with Crippen LogP contribution in [0.5, 0.6) is 0 Å². The molecule has 164 valence electrons. The molecule has 0 unspecified atom stereocenters.